The Morgan fingerprint density at radius 2 is 2.05 bits per heavy atom. The third-order valence-corrected chi connectivity index (χ3v) is 3.86. The van der Waals surface area contributed by atoms with E-state index in [1.807, 2.05) is 25.1 Å². The quantitative estimate of drug-likeness (QED) is 0.832. The van der Waals surface area contributed by atoms with Crippen LogP contribution in [0.4, 0.5) is 0 Å². The first-order chi connectivity index (χ1) is 8.84. The molecule has 0 aromatic heterocycles. The molecule has 3 nitrogen and oxygen atoms in total. The van der Waals surface area contributed by atoms with Gasteiger partial charge in [-0.15, -0.1) is 0 Å². The van der Waals surface area contributed by atoms with E-state index in [1.165, 1.54) is 5.56 Å². The minimum Gasteiger partial charge on any atom is -0.493 e. The zero-order valence-electron chi connectivity index (χ0n) is 12.2. The summed E-state index contributed by atoms with van der Waals surface area (Å²) in [6, 6.07) is 6.16. The Morgan fingerprint density at radius 1 is 1.37 bits per heavy atom. The Labute approximate surface area is 124 Å². The third-order valence-electron chi connectivity index (χ3n) is 3.08. The molecular weight excluding hydrogens is 306 g/mol. The fraction of sp³-hybridized carbons (Fsp3) is 0.600. The van der Waals surface area contributed by atoms with Gasteiger partial charge in [-0.1, -0.05) is 15.9 Å². The summed E-state index contributed by atoms with van der Waals surface area (Å²) >= 11 is 3.54. The van der Waals surface area contributed by atoms with Crippen LogP contribution in [0, 0.1) is 0 Å². The monoisotopic (exact) mass is 329 g/mol. The molecule has 0 fully saturated rings. The van der Waals surface area contributed by atoms with Crippen molar-refractivity contribution < 1.29 is 9.47 Å². The predicted octanol–water partition coefficient (Wildman–Crippen LogP) is 3.53. The SMILES string of the molecule is COC(C)(C)CCOc1ccc(Br)c(CC(C)N)c1. The van der Waals surface area contributed by atoms with Crippen LogP contribution in [0.15, 0.2) is 22.7 Å². The van der Waals surface area contributed by atoms with E-state index in [0.29, 0.717) is 6.61 Å². The van der Waals surface area contributed by atoms with Crippen molar-refractivity contribution in [1.82, 2.24) is 0 Å². The Kier molecular flexibility index (Phi) is 6.30. The first-order valence-corrected chi connectivity index (χ1v) is 7.35. The molecule has 0 bridgehead atoms. The Balaban J connectivity index is 2.59. The highest BCUT2D eigenvalue weighted by Crippen LogP contribution is 2.24. The molecule has 0 aliphatic rings. The van der Waals surface area contributed by atoms with Gasteiger partial charge in [0.15, 0.2) is 0 Å². The molecule has 1 aromatic carbocycles. The second-order valence-corrected chi connectivity index (χ2v) is 6.35. The molecule has 19 heavy (non-hydrogen) atoms. The van der Waals surface area contributed by atoms with Gasteiger partial charge in [0, 0.05) is 24.0 Å². The van der Waals surface area contributed by atoms with E-state index in [2.05, 4.69) is 29.8 Å². The first kappa shape index (κ1) is 16.5. The molecule has 0 saturated heterocycles. The lowest BCUT2D eigenvalue weighted by molar-refractivity contribution is 0.00545. The molecule has 1 unspecified atom stereocenters. The largest absolute Gasteiger partial charge is 0.493 e. The van der Waals surface area contributed by atoms with E-state index in [-0.39, 0.29) is 11.6 Å². The number of hydrogen-bond donors (Lipinski definition) is 1. The lowest BCUT2D eigenvalue weighted by Gasteiger charge is -2.22. The Morgan fingerprint density at radius 3 is 2.63 bits per heavy atom. The van der Waals surface area contributed by atoms with Gasteiger partial charge in [0.1, 0.15) is 5.75 Å². The Hall–Kier alpha value is -0.580. The van der Waals surface area contributed by atoms with Gasteiger partial charge < -0.3 is 15.2 Å². The van der Waals surface area contributed by atoms with Gasteiger partial charge in [-0.05, 0) is 51.0 Å². The Bertz CT molecular complexity index is 405. The number of methoxy groups -OCH3 is 1. The maximum Gasteiger partial charge on any atom is 0.119 e. The summed E-state index contributed by atoms with van der Waals surface area (Å²) < 4.78 is 12.2. The number of hydrogen-bond acceptors (Lipinski definition) is 3. The molecule has 1 atom stereocenters. The number of halogens is 1. The molecular formula is C15H24BrNO2. The maximum absolute atomic E-state index is 5.84. The van der Waals surface area contributed by atoms with Crippen LogP contribution in [0.1, 0.15) is 32.8 Å². The van der Waals surface area contributed by atoms with Crippen LogP contribution in [0.2, 0.25) is 0 Å². The van der Waals surface area contributed by atoms with E-state index in [1.54, 1.807) is 7.11 Å². The zero-order chi connectivity index (χ0) is 14.5. The molecule has 0 heterocycles. The van der Waals surface area contributed by atoms with E-state index >= 15 is 0 Å². The second kappa shape index (κ2) is 7.27. The van der Waals surface area contributed by atoms with Crippen LogP contribution >= 0.6 is 15.9 Å². The highest BCUT2D eigenvalue weighted by atomic mass is 79.9. The van der Waals surface area contributed by atoms with Gasteiger partial charge in [-0.25, -0.2) is 0 Å². The minimum atomic E-state index is -0.149. The van der Waals surface area contributed by atoms with Crippen molar-refractivity contribution in [2.24, 2.45) is 5.73 Å². The number of rotatable bonds is 7. The third kappa shape index (κ3) is 5.93. The summed E-state index contributed by atoms with van der Waals surface area (Å²) in [7, 11) is 1.72. The van der Waals surface area contributed by atoms with E-state index in [9.17, 15) is 0 Å². The zero-order valence-corrected chi connectivity index (χ0v) is 13.8. The molecule has 0 aliphatic carbocycles. The minimum absolute atomic E-state index is 0.138. The summed E-state index contributed by atoms with van der Waals surface area (Å²) in [5.74, 6) is 0.880. The van der Waals surface area contributed by atoms with Crippen molar-refractivity contribution in [1.29, 1.82) is 0 Å². The van der Waals surface area contributed by atoms with Crippen molar-refractivity contribution in [3.8, 4) is 5.75 Å². The molecule has 0 saturated carbocycles. The average Bonchev–Trinajstić information content (AvgIpc) is 2.32. The van der Waals surface area contributed by atoms with Gasteiger partial charge in [0.25, 0.3) is 0 Å². The van der Waals surface area contributed by atoms with Crippen LogP contribution in [-0.2, 0) is 11.2 Å². The molecule has 0 radical (unpaired) electrons. The summed E-state index contributed by atoms with van der Waals surface area (Å²) in [6.07, 6.45) is 1.68. The van der Waals surface area contributed by atoms with Gasteiger partial charge in [0.05, 0.1) is 12.2 Å². The van der Waals surface area contributed by atoms with Crippen molar-refractivity contribution in [2.75, 3.05) is 13.7 Å². The van der Waals surface area contributed by atoms with Crippen LogP contribution in [0.3, 0.4) is 0 Å². The van der Waals surface area contributed by atoms with Crippen molar-refractivity contribution in [3.05, 3.63) is 28.2 Å². The second-order valence-electron chi connectivity index (χ2n) is 5.50. The van der Waals surface area contributed by atoms with E-state index in [0.717, 1.165) is 23.1 Å². The normalized spacial score (nSPS) is 13.4. The smallest absolute Gasteiger partial charge is 0.119 e. The van der Waals surface area contributed by atoms with Crippen LogP contribution < -0.4 is 10.5 Å². The number of ether oxygens (including phenoxy) is 2. The topological polar surface area (TPSA) is 44.5 Å². The highest BCUT2D eigenvalue weighted by molar-refractivity contribution is 9.10. The lowest BCUT2D eigenvalue weighted by Crippen LogP contribution is -2.25. The van der Waals surface area contributed by atoms with Gasteiger partial charge >= 0.3 is 0 Å². The van der Waals surface area contributed by atoms with Gasteiger partial charge in [0.2, 0.25) is 0 Å². The lowest BCUT2D eigenvalue weighted by atomic mass is 10.1. The van der Waals surface area contributed by atoms with Gasteiger partial charge in [-0.2, -0.15) is 0 Å². The fourth-order valence-corrected chi connectivity index (χ4v) is 2.07. The summed E-state index contributed by atoms with van der Waals surface area (Å²) in [4.78, 5) is 0. The van der Waals surface area contributed by atoms with E-state index in [4.69, 9.17) is 15.2 Å². The molecule has 4 heteroatoms. The molecule has 108 valence electrons. The average molecular weight is 330 g/mol. The number of benzene rings is 1. The maximum atomic E-state index is 5.84. The molecule has 0 spiro atoms. The fourth-order valence-electron chi connectivity index (χ4n) is 1.66. The number of nitrogens with two attached hydrogens (primary N) is 1. The van der Waals surface area contributed by atoms with Gasteiger partial charge in [-0.3, -0.25) is 0 Å². The highest BCUT2D eigenvalue weighted by Gasteiger charge is 2.16. The van der Waals surface area contributed by atoms with Crippen LogP contribution in [0.25, 0.3) is 0 Å². The molecule has 0 amide bonds. The molecule has 2 N–H and O–H groups in total. The first-order valence-electron chi connectivity index (χ1n) is 6.56. The molecule has 0 aliphatic heterocycles. The van der Waals surface area contributed by atoms with E-state index < -0.39 is 0 Å². The molecule has 1 rings (SSSR count). The van der Waals surface area contributed by atoms with Crippen LogP contribution in [0.5, 0.6) is 5.75 Å². The van der Waals surface area contributed by atoms with Crippen LogP contribution in [-0.4, -0.2) is 25.4 Å². The molecule has 1 aromatic rings. The van der Waals surface area contributed by atoms with Crippen molar-refractivity contribution in [2.45, 2.75) is 45.3 Å². The standard InChI is InChI=1S/C15H24BrNO2/c1-11(17)9-12-10-13(5-6-14(12)16)19-8-7-15(2,3)18-4/h5-6,10-11H,7-9,17H2,1-4H3. The summed E-state index contributed by atoms with van der Waals surface area (Å²) in [5, 5.41) is 0. The van der Waals surface area contributed by atoms with Crippen molar-refractivity contribution >= 4 is 15.9 Å². The van der Waals surface area contributed by atoms with Crippen molar-refractivity contribution in [3.63, 3.8) is 0 Å². The summed E-state index contributed by atoms with van der Waals surface area (Å²) in [5.41, 5.74) is 6.87. The summed E-state index contributed by atoms with van der Waals surface area (Å²) in [6.45, 7) is 6.75. The predicted molar refractivity (Wildman–Crippen MR) is 82.7 cm³/mol.